The number of methoxy groups -OCH3 is 1. The minimum atomic E-state index is -3.85. The smallest absolute Gasteiger partial charge is 0.340 e. The number of hydrogen-bond acceptors (Lipinski definition) is 7. The van der Waals surface area contributed by atoms with E-state index in [-0.39, 0.29) is 22.4 Å². The Labute approximate surface area is 200 Å². The zero-order chi connectivity index (χ0) is 23.8. The standard InChI is InChI=1S/C24H32N2O5S2/c1-15-10-17(3)18(11-16(15)2)13-26-8-7-20-21(14-26)32-24(22(20)23(27)30-4)33(28,29)25-12-19-6-5-9-31-19/h10-11,19,25H,5-9,12-14H2,1-4H3. The molecule has 33 heavy (non-hydrogen) atoms. The van der Waals surface area contributed by atoms with Crippen LogP contribution in [-0.4, -0.2) is 52.2 Å². The van der Waals surface area contributed by atoms with E-state index in [1.54, 1.807) is 0 Å². The van der Waals surface area contributed by atoms with Crippen molar-refractivity contribution in [2.75, 3.05) is 26.8 Å². The fraction of sp³-hybridized carbons (Fsp3) is 0.542. The van der Waals surface area contributed by atoms with Gasteiger partial charge >= 0.3 is 5.97 Å². The molecule has 0 amide bonds. The number of thiophene rings is 1. The molecule has 1 unspecified atom stereocenters. The van der Waals surface area contributed by atoms with Crippen LogP contribution >= 0.6 is 11.3 Å². The fourth-order valence-electron chi connectivity index (χ4n) is 4.57. The number of esters is 1. The van der Waals surface area contributed by atoms with Crippen molar-refractivity contribution in [2.45, 2.75) is 63.4 Å². The van der Waals surface area contributed by atoms with Crippen LogP contribution in [0.3, 0.4) is 0 Å². The Morgan fingerprint density at radius 3 is 2.70 bits per heavy atom. The third-order valence-corrected chi connectivity index (χ3v) is 9.77. The van der Waals surface area contributed by atoms with Gasteiger partial charge < -0.3 is 9.47 Å². The Bertz CT molecular complexity index is 1150. The molecule has 1 N–H and O–H groups in total. The number of hydrogen-bond donors (Lipinski definition) is 1. The van der Waals surface area contributed by atoms with Crippen molar-refractivity contribution >= 4 is 27.3 Å². The number of ether oxygens (including phenoxy) is 2. The summed E-state index contributed by atoms with van der Waals surface area (Å²) in [5.74, 6) is -0.594. The molecular formula is C24H32N2O5S2. The summed E-state index contributed by atoms with van der Waals surface area (Å²) < 4.78 is 39.5. The predicted octanol–water partition coefficient (Wildman–Crippen LogP) is 3.48. The highest BCUT2D eigenvalue weighted by molar-refractivity contribution is 7.91. The second-order valence-electron chi connectivity index (χ2n) is 8.97. The highest BCUT2D eigenvalue weighted by Gasteiger charge is 2.34. The van der Waals surface area contributed by atoms with Crippen molar-refractivity contribution in [3.05, 3.63) is 50.4 Å². The lowest BCUT2D eigenvalue weighted by Gasteiger charge is -2.28. The van der Waals surface area contributed by atoms with Crippen molar-refractivity contribution in [2.24, 2.45) is 0 Å². The first kappa shape index (κ1) is 24.3. The molecule has 1 fully saturated rings. The van der Waals surface area contributed by atoms with E-state index in [4.69, 9.17) is 9.47 Å². The highest BCUT2D eigenvalue weighted by atomic mass is 32.2. The van der Waals surface area contributed by atoms with Gasteiger partial charge in [0.1, 0.15) is 4.21 Å². The molecule has 2 aliphatic heterocycles. The summed E-state index contributed by atoms with van der Waals surface area (Å²) in [6, 6.07) is 4.45. The minimum Gasteiger partial charge on any atom is -0.465 e. The fourth-order valence-corrected chi connectivity index (χ4v) is 7.61. The molecule has 0 saturated carbocycles. The molecule has 1 atom stereocenters. The molecule has 0 bridgehead atoms. The van der Waals surface area contributed by atoms with Crippen molar-refractivity contribution in [3.8, 4) is 0 Å². The van der Waals surface area contributed by atoms with Crippen molar-refractivity contribution in [3.63, 3.8) is 0 Å². The quantitative estimate of drug-likeness (QED) is 0.596. The Morgan fingerprint density at radius 1 is 1.24 bits per heavy atom. The van der Waals surface area contributed by atoms with Gasteiger partial charge in [0.25, 0.3) is 10.0 Å². The summed E-state index contributed by atoms with van der Waals surface area (Å²) in [4.78, 5) is 15.8. The van der Waals surface area contributed by atoms with Crippen LogP contribution in [0.1, 0.15) is 55.9 Å². The van der Waals surface area contributed by atoms with Crippen LogP contribution in [0.25, 0.3) is 0 Å². The van der Waals surface area contributed by atoms with Gasteiger partial charge in [0.05, 0.1) is 18.8 Å². The Kier molecular flexibility index (Phi) is 7.26. The van der Waals surface area contributed by atoms with Crippen LogP contribution < -0.4 is 4.72 Å². The molecule has 1 saturated heterocycles. The van der Waals surface area contributed by atoms with E-state index in [9.17, 15) is 13.2 Å². The third-order valence-electron chi connectivity index (χ3n) is 6.61. The van der Waals surface area contributed by atoms with Crippen LogP contribution in [0.5, 0.6) is 0 Å². The average Bonchev–Trinajstić information content (AvgIpc) is 3.43. The van der Waals surface area contributed by atoms with Gasteiger partial charge in [-0.1, -0.05) is 12.1 Å². The summed E-state index contributed by atoms with van der Waals surface area (Å²) in [6.45, 7) is 9.38. The summed E-state index contributed by atoms with van der Waals surface area (Å²) in [5, 5.41) is 0. The Morgan fingerprint density at radius 2 is 2.00 bits per heavy atom. The molecular weight excluding hydrogens is 460 g/mol. The molecule has 0 aliphatic carbocycles. The minimum absolute atomic E-state index is 0.0570. The van der Waals surface area contributed by atoms with Gasteiger partial charge in [0.2, 0.25) is 0 Å². The number of nitrogens with zero attached hydrogens (tertiary/aromatic N) is 1. The predicted molar refractivity (Wildman–Crippen MR) is 128 cm³/mol. The zero-order valence-corrected chi connectivity index (χ0v) is 21.3. The zero-order valence-electron chi connectivity index (χ0n) is 19.7. The molecule has 1 aromatic carbocycles. The summed E-state index contributed by atoms with van der Waals surface area (Å²) >= 11 is 1.19. The molecule has 7 nitrogen and oxygen atoms in total. The van der Waals surface area contributed by atoms with Crippen LogP contribution in [0.15, 0.2) is 16.3 Å². The summed E-state index contributed by atoms with van der Waals surface area (Å²) in [5.41, 5.74) is 6.08. The van der Waals surface area contributed by atoms with Gasteiger partial charge in [-0.15, -0.1) is 11.3 Å². The Balaban J connectivity index is 1.58. The SMILES string of the molecule is COC(=O)c1c(S(=O)(=O)NCC2CCCO2)sc2c1CCN(Cc1cc(C)c(C)cc1C)C2. The lowest BCUT2D eigenvalue weighted by molar-refractivity contribution is 0.0595. The summed E-state index contributed by atoms with van der Waals surface area (Å²) in [6.07, 6.45) is 2.26. The molecule has 2 aromatic rings. The first-order valence-electron chi connectivity index (χ1n) is 11.3. The van der Waals surface area contributed by atoms with Gasteiger partial charge in [-0.2, -0.15) is 0 Å². The number of carbonyl (C=O) groups is 1. The Hall–Kier alpha value is -1.78. The monoisotopic (exact) mass is 492 g/mol. The van der Waals surface area contributed by atoms with Crippen molar-refractivity contribution in [1.29, 1.82) is 0 Å². The normalized spacial score (nSPS) is 19.0. The number of sulfonamides is 1. The molecule has 180 valence electrons. The molecule has 0 spiro atoms. The number of nitrogens with one attached hydrogen (secondary N) is 1. The van der Waals surface area contributed by atoms with Gasteiger partial charge in [-0.25, -0.2) is 17.9 Å². The van der Waals surface area contributed by atoms with E-state index in [0.717, 1.165) is 36.4 Å². The van der Waals surface area contributed by atoms with E-state index in [2.05, 4.69) is 42.5 Å². The highest BCUT2D eigenvalue weighted by Crippen LogP contribution is 2.37. The van der Waals surface area contributed by atoms with Crippen LogP contribution in [0, 0.1) is 20.8 Å². The van der Waals surface area contributed by atoms with Crippen LogP contribution in [0.4, 0.5) is 0 Å². The number of benzene rings is 1. The van der Waals surface area contributed by atoms with Crippen molar-refractivity contribution in [1.82, 2.24) is 9.62 Å². The molecule has 0 radical (unpaired) electrons. The molecule has 9 heteroatoms. The van der Waals surface area contributed by atoms with E-state index in [0.29, 0.717) is 19.6 Å². The van der Waals surface area contributed by atoms with Crippen LogP contribution in [-0.2, 0) is 39.0 Å². The van der Waals surface area contributed by atoms with Crippen molar-refractivity contribution < 1.29 is 22.7 Å². The maximum absolute atomic E-state index is 13.2. The summed E-state index contributed by atoms with van der Waals surface area (Å²) in [7, 11) is -2.56. The second-order valence-corrected chi connectivity index (χ2v) is 12.0. The first-order chi connectivity index (χ1) is 15.7. The molecule has 1 aromatic heterocycles. The second kappa shape index (κ2) is 9.84. The number of carbonyl (C=O) groups excluding carboxylic acids is 1. The number of aryl methyl sites for hydroxylation is 3. The van der Waals surface area contributed by atoms with Gasteiger partial charge in [0.15, 0.2) is 0 Å². The average molecular weight is 493 g/mol. The van der Waals surface area contributed by atoms with E-state index < -0.39 is 16.0 Å². The van der Waals surface area contributed by atoms with Gasteiger partial charge in [-0.05, 0) is 67.9 Å². The van der Waals surface area contributed by atoms with E-state index in [1.165, 1.54) is 40.7 Å². The maximum atomic E-state index is 13.2. The lowest BCUT2D eigenvalue weighted by Crippen LogP contribution is -2.32. The topological polar surface area (TPSA) is 84.9 Å². The van der Waals surface area contributed by atoms with E-state index >= 15 is 0 Å². The molecule has 2 aliphatic rings. The maximum Gasteiger partial charge on any atom is 0.340 e. The largest absolute Gasteiger partial charge is 0.465 e. The van der Waals surface area contributed by atoms with E-state index in [1.807, 2.05) is 0 Å². The van der Waals surface area contributed by atoms with Gasteiger partial charge in [-0.3, -0.25) is 4.90 Å². The number of fused-ring (bicyclic) bond motifs is 1. The molecule has 4 rings (SSSR count). The third kappa shape index (κ3) is 5.17. The molecule has 3 heterocycles. The first-order valence-corrected chi connectivity index (χ1v) is 13.6. The van der Waals surface area contributed by atoms with Gasteiger partial charge in [0, 0.05) is 37.7 Å². The number of rotatable bonds is 7. The lowest BCUT2D eigenvalue weighted by atomic mass is 9.99. The van der Waals surface area contributed by atoms with Crippen LogP contribution in [0.2, 0.25) is 0 Å².